The Morgan fingerprint density at radius 2 is 1.75 bits per heavy atom. The van der Waals surface area contributed by atoms with Crippen LogP contribution in [0.1, 0.15) is 57.2 Å². The molecule has 5 nitrogen and oxygen atoms in total. The van der Waals surface area contributed by atoms with E-state index < -0.39 is 23.8 Å². The summed E-state index contributed by atoms with van der Waals surface area (Å²) < 4.78 is 27.6. The number of benzene rings is 2. The quantitative estimate of drug-likeness (QED) is 0.405. The van der Waals surface area contributed by atoms with Crippen molar-refractivity contribution in [3.05, 3.63) is 70.8 Å². The van der Waals surface area contributed by atoms with E-state index >= 15 is 0 Å². The summed E-state index contributed by atoms with van der Waals surface area (Å²) in [5, 5.41) is 17.1. The first-order valence-electron chi connectivity index (χ1n) is 12.7. The number of Topliss-reactive ketones (excluding diaryl/α,β-unsaturated/α-hetero) is 1. The zero-order valence-electron chi connectivity index (χ0n) is 21.6. The lowest BCUT2D eigenvalue weighted by Crippen LogP contribution is -2.52. The number of carbonyl (C=O) groups is 2. The fourth-order valence-corrected chi connectivity index (χ4v) is 5.27. The Morgan fingerprint density at radius 1 is 1.08 bits per heavy atom. The van der Waals surface area contributed by atoms with Crippen molar-refractivity contribution in [1.82, 2.24) is 10.6 Å². The van der Waals surface area contributed by atoms with E-state index in [1.807, 2.05) is 26.0 Å². The van der Waals surface area contributed by atoms with E-state index in [0.29, 0.717) is 18.5 Å². The molecule has 0 bridgehead atoms. The summed E-state index contributed by atoms with van der Waals surface area (Å²) in [4.78, 5) is 24.8. The van der Waals surface area contributed by atoms with Crippen molar-refractivity contribution in [2.24, 2.45) is 17.3 Å². The van der Waals surface area contributed by atoms with Crippen LogP contribution in [0.25, 0.3) is 0 Å². The molecule has 36 heavy (non-hydrogen) atoms. The van der Waals surface area contributed by atoms with Crippen LogP contribution >= 0.6 is 0 Å². The topological polar surface area (TPSA) is 78.4 Å². The summed E-state index contributed by atoms with van der Waals surface area (Å²) in [6, 6.07) is 10.6. The van der Waals surface area contributed by atoms with E-state index in [2.05, 4.69) is 29.7 Å². The van der Waals surface area contributed by atoms with Gasteiger partial charge in [0.2, 0.25) is 5.91 Å². The van der Waals surface area contributed by atoms with E-state index in [4.69, 9.17) is 0 Å². The van der Waals surface area contributed by atoms with Gasteiger partial charge in [0.05, 0.1) is 12.1 Å². The van der Waals surface area contributed by atoms with Crippen LogP contribution in [0.4, 0.5) is 8.78 Å². The second-order valence-electron chi connectivity index (χ2n) is 10.6. The molecule has 0 aliphatic heterocycles. The molecule has 1 aliphatic rings. The van der Waals surface area contributed by atoms with Gasteiger partial charge in [-0.05, 0) is 66.3 Å². The molecule has 1 fully saturated rings. The summed E-state index contributed by atoms with van der Waals surface area (Å²) in [5.41, 5.74) is 2.39. The summed E-state index contributed by atoms with van der Waals surface area (Å²) in [7, 11) is 0. The molecule has 0 spiro atoms. The van der Waals surface area contributed by atoms with Gasteiger partial charge in [-0.1, -0.05) is 45.0 Å². The van der Waals surface area contributed by atoms with Crippen molar-refractivity contribution in [2.75, 3.05) is 6.54 Å². The average Bonchev–Trinajstić information content (AvgIpc) is 2.80. The maximum atomic E-state index is 13.8. The molecule has 0 saturated heterocycles. The van der Waals surface area contributed by atoms with Crippen LogP contribution in [0.2, 0.25) is 0 Å². The van der Waals surface area contributed by atoms with Gasteiger partial charge in [0, 0.05) is 31.5 Å². The highest BCUT2D eigenvalue weighted by Gasteiger charge is 2.50. The highest BCUT2D eigenvalue weighted by atomic mass is 19.1. The first kappa shape index (κ1) is 27.9. The molecule has 2 aromatic rings. The van der Waals surface area contributed by atoms with Crippen LogP contribution in [0.5, 0.6) is 0 Å². The van der Waals surface area contributed by atoms with Crippen molar-refractivity contribution in [3.63, 3.8) is 0 Å². The number of ketones is 1. The van der Waals surface area contributed by atoms with Crippen molar-refractivity contribution in [2.45, 2.75) is 72.1 Å². The number of aryl methyl sites for hydroxylation is 1. The zero-order chi connectivity index (χ0) is 26.5. The molecule has 3 rings (SSSR count). The molecule has 196 valence electrons. The number of nitrogens with one attached hydrogen (secondary N) is 2. The predicted molar refractivity (Wildman–Crippen MR) is 136 cm³/mol. The van der Waals surface area contributed by atoms with Crippen molar-refractivity contribution in [3.8, 4) is 0 Å². The fourth-order valence-electron chi connectivity index (χ4n) is 5.27. The first-order valence-corrected chi connectivity index (χ1v) is 12.7. The van der Waals surface area contributed by atoms with Gasteiger partial charge in [0.1, 0.15) is 17.4 Å². The van der Waals surface area contributed by atoms with Gasteiger partial charge in [0.25, 0.3) is 0 Å². The molecule has 2 unspecified atom stereocenters. The number of hydrogen-bond acceptors (Lipinski definition) is 4. The number of hydrogen-bond donors (Lipinski definition) is 3. The van der Waals surface area contributed by atoms with Crippen LogP contribution < -0.4 is 10.6 Å². The third-order valence-corrected chi connectivity index (χ3v) is 7.66. The number of halogens is 2. The molecule has 1 aliphatic carbocycles. The Morgan fingerprint density at radius 3 is 2.36 bits per heavy atom. The van der Waals surface area contributed by atoms with E-state index in [1.54, 1.807) is 6.92 Å². The van der Waals surface area contributed by atoms with Crippen LogP contribution in [0, 0.1) is 28.9 Å². The summed E-state index contributed by atoms with van der Waals surface area (Å²) in [6.45, 7) is 8.41. The summed E-state index contributed by atoms with van der Waals surface area (Å²) >= 11 is 0. The Kier molecular flexibility index (Phi) is 9.36. The highest BCUT2D eigenvalue weighted by Crippen LogP contribution is 2.53. The van der Waals surface area contributed by atoms with Gasteiger partial charge in [-0.15, -0.1) is 0 Å². The molecule has 4 atom stereocenters. The van der Waals surface area contributed by atoms with Crippen LogP contribution in [-0.2, 0) is 29.0 Å². The van der Waals surface area contributed by atoms with E-state index in [0.717, 1.165) is 18.1 Å². The van der Waals surface area contributed by atoms with Crippen LogP contribution in [0.3, 0.4) is 0 Å². The number of amides is 1. The molecule has 2 aromatic carbocycles. The van der Waals surface area contributed by atoms with E-state index in [-0.39, 0.29) is 48.3 Å². The monoisotopic (exact) mass is 500 g/mol. The lowest BCUT2D eigenvalue weighted by Gasteiger charge is -2.51. The summed E-state index contributed by atoms with van der Waals surface area (Å²) in [6.07, 6.45) is 0.929. The minimum Gasteiger partial charge on any atom is -0.390 e. The van der Waals surface area contributed by atoms with Crippen LogP contribution in [0.15, 0.2) is 42.5 Å². The van der Waals surface area contributed by atoms with Crippen LogP contribution in [-0.4, -0.2) is 35.5 Å². The Balaban J connectivity index is 1.64. The number of carbonyl (C=O) groups excluding carboxylic acids is 2. The molecular weight excluding hydrogens is 462 g/mol. The Labute approximate surface area is 212 Å². The fraction of sp³-hybridized carbons (Fsp3) is 0.517. The maximum Gasteiger partial charge on any atom is 0.220 e. The minimum absolute atomic E-state index is 0.0534. The first-order chi connectivity index (χ1) is 17.0. The molecule has 1 saturated carbocycles. The Hall–Kier alpha value is -2.64. The maximum absolute atomic E-state index is 13.8. The predicted octanol–water partition coefficient (Wildman–Crippen LogP) is 4.35. The normalized spacial score (nSPS) is 20.3. The average molecular weight is 501 g/mol. The van der Waals surface area contributed by atoms with Gasteiger partial charge in [-0.3, -0.25) is 9.59 Å². The van der Waals surface area contributed by atoms with Crippen molar-refractivity contribution >= 4 is 11.7 Å². The summed E-state index contributed by atoms with van der Waals surface area (Å²) in [5.74, 6) is -1.52. The third-order valence-electron chi connectivity index (χ3n) is 7.66. The molecule has 0 radical (unpaired) electrons. The molecule has 0 aromatic heterocycles. The lowest BCUT2D eigenvalue weighted by atomic mass is 9.52. The van der Waals surface area contributed by atoms with Gasteiger partial charge >= 0.3 is 0 Å². The molecule has 0 heterocycles. The Bertz CT molecular complexity index is 1050. The highest BCUT2D eigenvalue weighted by molar-refractivity contribution is 5.81. The SMILES string of the molecule is CCc1cccc(CNC[C@@H](O)[C@H](Cc2cc(F)cc(F)c2)NC(=O)CC2CC(C(C)=O)C2(C)C)c1. The lowest BCUT2D eigenvalue weighted by molar-refractivity contribution is -0.141. The van der Waals surface area contributed by atoms with Crippen molar-refractivity contribution < 1.29 is 23.5 Å². The second-order valence-corrected chi connectivity index (χ2v) is 10.6. The van der Waals surface area contributed by atoms with E-state index in [9.17, 15) is 23.5 Å². The molecule has 3 N–H and O–H groups in total. The zero-order valence-corrected chi connectivity index (χ0v) is 21.6. The van der Waals surface area contributed by atoms with Crippen molar-refractivity contribution in [1.29, 1.82) is 0 Å². The van der Waals surface area contributed by atoms with Gasteiger partial charge < -0.3 is 15.7 Å². The second kappa shape index (κ2) is 12.1. The van der Waals surface area contributed by atoms with E-state index in [1.165, 1.54) is 17.7 Å². The molecule has 1 amide bonds. The minimum atomic E-state index is -0.978. The smallest absolute Gasteiger partial charge is 0.220 e. The van der Waals surface area contributed by atoms with Gasteiger partial charge in [-0.25, -0.2) is 8.78 Å². The number of aliphatic hydroxyl groups excluding tert-OH is 1. The van der Waals surface area contributed by atoms with Gasteiger partial charge in [0.15, 0.2) is 0 Å². The molecular formula is C29H38F2N2O3. The number of aliphatic hydroxyl groups is 1. The largest absolute Gasteiger partial charge is 0.390 e. The number of rotatable bonds is 12. The molecule has 7 heteroatoms. The standard InChI is InChI=1S/C29H38F2N2O3/c1-5-19-7-6-8-20(9-19)16-32-17-27(35)26(12-21-10-23(30)15-24(31)11-21)33-28(36)14-22-13-25(18(2)34)29(22,3)4/h6-11,15,22,25-27,32,35H,5,12-14,16-17H2,1-4H3,(H,33,36)/t22?,25?,26-,27+/m0/s1. The third kappa shape index (κ3) is 7.20. The van der Waals surface area contributed by atoms with Gasteiger partial charge in [-0.2, -0.15) is 0 Å².